The van der Waals surface area contributed by atoms with E-state index in [-0.39, 0.29) is 0 Å². The van der Waals surface area contributed by atoms with Crippen LogP contribution < -0.4 is 5.32 Å². The zero-order valence-electron chi connectivity index (χ0n) is 10.9. The van der Waals surface area contributed by atoms with Crippen LogP contribution in [-0.2, 0) is 24.2 Å². The molecule has 0 aromatic heterocycles. The molecule has 0 bridgehead atoms. The van der Waals surface area contributed by atoms with Crippen LogP contribution in [0.5, 0.6) is 0 Å². The van der Waals surface area contributed by atoms with Gasteiger partial charge in [-0.25, -0.2) is 4.79 Å². The molecule has 9 nitrogen and oxygen atoms in total. The number of ether oxygens (including phenoxy) is 1. The molecule has 1 aliphatic rings. The number of hydroxylamine groups is 2. The third-order valence-corrected chi connectivity index (χ3v) is 2.53. The molecule has 1 saturated heterocycles. The third-order valence-electron chi connectivity index (χ3n) is 2.18. The van der Waals surface area contributed by atoms with Crippen molar-refractivity contribution in [3.05, 3.63) is 0 Å². The van der Waals surface area contributed by atoms with Crippen LogP contribution in [-0.4, -0.2) is 47.7 Å². The second kappa shape index (κ2) is 4.94. The number of nitrogens with zero attached hydrogens (tertiary/aromatic N) is 1. The highest BCUT2D eigenvalue weighted by Crippen LogP contribution is 2.21. The molecule has 2 N–H and O–H groups in total. The Bertz CT molecular complexity index is 481. The van der Waals surface area contributed by atoms with E-state index in [4.69, 9.17) is 9.29 Å². The molecule has 1 aliphatic heterocycles. The van der Waals surface area contributed by atoms with Crippen LogP contribution in [0.25, 0.3) is 0 Å². The molecule has 0 spiro atoms. The van der Waals surface area contributed by atoms with Crippen LogP contribution in [0, 0.1) is 0 Å². The average Bonchev–Trinajstić information content (AvgIpc) is 2.18. The van der Waals surface area contributed by atoms with Crippen molar-refractivity contribution in [3.8, 4) is 0 Å². The van der Waals surface area contributed by atoms with Gasteiger partial charge in [0.2, 0.25) is 0 Å². The Kier molecular flexibility index (Phi) is 4.08. The number of hydrogen-bond acceptors (Lipinski definition) is 6. The van der Waals surface area contributed by atoms with Crippen molar-refractivity contribution >= 4 is 22.4 Å². The highest BCUT2D eigenvalue weighted by atomic mass is 32.3. The molecular weight excluding hydrogens is 280 g/mol. The predicted molar refractivity (Wildman–Crippen MR) is 62.1 cm³/mol. The summed E-state index contributed by atoms with van der Waals surface area (Å²) >= 11 is 0. The normalized spacial score (nSPS) is 23.8. The van der Waals surface area contributed by atoms with Gasteiger partial charge in [0.1, 0.15) is 11.6 Å². The SMILES string of the molecule is C[C@@H]1[C@H](NC(=O)OC(C)(C)C)C(=O)N1OS(=O)(=O)O. The van der Waals surface area contributed by atoms with Gasteiger partial charge in [0.15, 0.2) is 0 Å². The molecule has 1 rings (SSSR count). The maximum atomic E-state index is 11.5. The van der Waals surface area contributed by atoms with E-state index in [0.717, 1.165) is 0 Å². The van der Waals surface area contributed by atoms with Gasteiger partial charge in [-0.15, -0.1) is 4.28 Å². The van der Waals surface area contributed by atoms with E-state index in [1.165, 1.54) is 6.92 Å². The molecule has 0 saturated carbocycles. The molecule has 0 radical (unpaired) electrons. The topological polar surface area (TPSA) is 122 Å². The van der Waals surface area contributed by atoms with Crippen molar-refractivity contribution in [2.75, 3.05) is 0 Å². The predicted octanol–water partition coefficient (Wildman–Crippen LogP) is -0.155. The van der Waals surface area contributed by atoms with Gasteiger partial charge in [-0.3, -0.25) is 9.35 Å². The van der Waals surface area contributed by atoms with Crippen LogP contribution in [0.4, 0.5) is 4.79 Å². The van der Waals surface area contributed by atoms with Gasteiger partial charge in [0, 0.05) is 0 Å². The zero-order chi connectivity index (χ0) is 15.0. The summed E-state index contributed by atoms with van der Waals surface area (Å²) in [5.74, 6) is -0.795. The first-order chi connectivity index (χ1) is 8.41. The van der Waals surface area contributed by atoms with E-state index in [9.17, 15) is 18.0 Å². The summed E-state index contributed by atoms with van der Waals surface area (Å²) < 4.78 is 38.4. The van der Waals surface area contributed by atoms with Crippen molar-refractivity contribution in [1.82, 2.24) is 10.4 Å². The maximum Gasteiger partial charge on any atom is 0.418 e. The quantitative estimate of drug-likeness (QED) is 0.548. The monoisotopic (exact) mass is 296 g/mol. The Hall–Kier alpha value is -1.39. The Morgan fingerprint density at radius 2 is 1.95 bits per heavy atom. The molecule has 2 atom stereocenters. The number of nitrogens with one attached hydrogen (secondary N) is 1. The standard InChI is InChI=1S/C9H16N2O7S/c1-5-6(10-8(13)17-9(2,3)4)7(12)11(5)18-19(14,15)16/h5-6H,1-4H3,(H,10,13)(H,14,15,16)/t5-,6+/m1/s1. The Labute approximate surface area is 110 Å². The molecule has 0 aromatic rings. The fourth-order valence-electron chi connectivity index (χ4n) is 1.42. The highest BCUT2D eigenvalue weighted by Gasteiger charge is 2.49. The second-order valence-electron chi connectivity index (χ2n) is 5.03. The number of alkyl carbamates (subject to hydrolysis) is 1. The third kappa shape index (κ3) is 4.33. The van der Waals surface area contributed by atoms with E-state index in [0.29, 0.717) is 5.06 Å². The molecule has 1 fully saturated rings. The lowest BCUT2D eigenvalue weighted by Gasteiger charge is -2.42. The van der Waals surface area contributed by atoms with Gasteiger partial charge in [0.25, 0.3) is 5.91 Å². The summed E-state index contributed by atoms with van der Waals surface area (Å²) in [6, 6.07) is -1.71. The number of hydrogen-bond donors (Lipinski definition) is 2. The number of amides is 2. The lowest BCUT2D eigenvalue weighted by molar-refractivity contribution is -0.195. The number of rotatable bonds is 3. The summed E-state index contributed by atoms with van der Waals surface area (Å²) in [6.45, 7) is 6.42. The highest BCUT2D eigenvalue weighted by molar-refractivity contribution is 7.80. The molecule has 2 amide bonds. The van der Waals surface area contributed by atoms with Gasteiger partial charge in [0.05, 0.1) is 6.04 Å². The summed E-state index contributed by atoms with van der Waals surface area (Å²) in [5, 5.41) is 2.74. The summed E-state index contributed by atoms with van der Waals surface area (Å²) in [4.78, 5) is 22.9. The fourth-order valence-corrected chi connectivity index (χ4v) is 1.83. The summed E-state index contributed by atoms with van der Waals surface area (Å²) in [5.41, 5.74) is -0.718. The first-order valence-corrected chi connectivity index (χ1v) is 6.77. The van der Waals surface area contributed by atoms with Crippen molar-refractivity contribution in [1.29, 1.82) is 0 Å². The molecule has 19 heavy (non-hydrogen) atoms. The molecule has 0 unspecified atom stereocenters. The molecule has 1 heterocycles. The smallest absolute Gasteiger partial charge is 0.418 e. The number of carbonyl (C=O) groups excluding carboxylic acids is 2. The molecule has 0 aliphatic carbocycles. The molecule has 0 aromatic carbocycles. The van der Waals surface area contributed by atoms with Gasteiger partial charge in [-0.05, 0) is 27.7 Å². The van der Waals surface area contributed by atoms with Crippen LogP contribution in [0.1, 0.15) is 27.7 Å². The van der Waals surface area contributed by atoms with Crippen molar-refractivity contribution in [2.24, 2.45) is 0 Å². The number of β-lactam (4-membered cyclic amide) rings is 1. The summed E-state index contributed by atoms with van der Waals surface area (Å²) in [6.07, 6.45) is -0.802. The van der Waals surface area contributed by atoms with Crippen LogP contribution in [0.15, 0.2) is 0 Å². The Morgan fingerprint density at radius 3 is 2.32 bits per heavy atom. The van der Waals surface area contributed by atoms with Crippen LogP contribution >= 0.6 is 0 Å². The minimum absolute atomic E-state index is 0.456. The van der Waals surface area contributed by atoms with Crippen molar-refractivity contribution in [3.63, 3.8) is 0 Å². The maximum absolute atomic E-state index is 11.5. The van der Waals surface area contributed by atoms with Gasteiger partial charge < -0.3 is 10.1 Å². The van der Waals surface area contributed by atoms with Crippen molar-refractivity contribution in [2.45, 2.75) is 45.4 Å². The molecule has 10 heteroatoms. The second-order valence-corrected chi connectivity index (χ2v) is 6.04. The first kappa shape index (κ1) is 15.7. The molecule has 110 valence electrons. The first-order valence-electron chi connectivity index (χ1n) is 5.40. The Morgan fingerprint density at radius 1 is 1.42 bits per heavy atom. The lowest BCUT2D eigenvalue weighted by atomic mass is 10.0. The van der Waals surface area contributed by atoms with E-state index in [1.54, 1.807) is 20.8 Å². The van der Waals surface area contributed by atoms with E-state index < -0.39 is 40.1 Å². The lowest BCUT2D eigenvalue weighted by Crippen LogP contribution is -2.69. The molecular formula is C9H16N2O7S. The van der Waals surface area contributed by atoms with Crippen LogP contribution in [0.2, 0.25) is 0 Å². The summed E-state index contributed by atoms with van der Waals surface area (Å²) in [7, 11) is -4.77. The van der Waals surface area contributed by atoms with E-state index in [2.05, 4.69) is 9.60 Å². The zero-order valence-corrected chi connectivity index (χ0v) is 11.7. The van der Waals surface area contributed by atoms with Crippen LogP contribution in [0.3, 0.4) is 0 Å². The largest absolute Gasteiger partial charge is 0.444 e. The van der Waals surface area contributed by atoms with E-state index in [1.807, 2.05) is 0 Å². The fraction of sp³-hybridized carbons (Fsp3) is 0.778. The minimum atomic E-state index is -4.77. The Balaban J connectivity index is 2.56. The van der Waals surface area contributed by atoms with Crippen molar-refractivity contribution < 1.29 is 31.6 Å². The van der Waals surface area contributed by atoms with Gasteiger partial charge in [-0.2, -0.15) is 13.5 Å². The average molecular weight is 296 g/mol. The number of carbonyl (C=O) groups is 2. The van der Waals surface area contributed by atoms with Gasteiger partial charge in [-0.1, -0.05) is 0 Å². The van der Waals surface area contributed by atoms with E-state index >= 15 is 0 Å². The minimum Gasteiger partial charge on any atom is -0.444 e. The van der Waals surface area contributed by atoms with Gasteiger partial charge >= 0.3 is 16.5 Å².